The maximum absolute atomic E-state index is 4.59. The molecule has 2 heterocycles. The molecule has 1 saturated heterocycles. The molecule has 1 aliphatic heterocycles. The van der Waals surface area contributed by atoms with Gasteiger partial charge in [0.15, 0.2) is 0 Å². The van der Waals surface area contributed by atoms with Gasteiger partial charge in [-0.15, -0.1) is 0 Å². The Labute approximate surface area is 114 Å². The molecule has 2 N–H and O–H groups in total. The number of hydrogen-bond acceptors (Lipinski definition) is 5. The Bertz CT molecular complexity index is 443. The SMILES string of the molecule is CNCC1CCN(c2cc(NC3CC3)nc(C)n2)C1. The minimum atomic E-state index is 0.637. The molecule has 0 bridgehead atoms. The van der Waals surface area contributed by atoms with Crippen molar-refractivity contribution in [2.75, 3.05) is 36.9 Å². The molecule has 2 fully saturated rings. The van der Waals surface area contributed by atoms with E-state index in [0.29, 0.717) is 6.04 Å². The topological polar surface area (TPSA) is 53.1 Å². The Balaban J connectivity index is 1.71. The van der Waals surface area contributed by atoms with Crippen molar-refractivity contribution < 1.29 is 0 Å². The lowest BCUT2D eigenvalue weighted by Crippen LogP contribution is -2.25. The molecule has 0 aromatic carbocycles. The second-order valence-electron chi connectivity index (χ2n) is 5.74. The zero-order valence-electron chi connectivity index (χ0n) is 11.8. The monoisotopic (exact) mass is 261 g/mol. The molecular formula is C14H23N5. The molecule has 1 aromatic rings. The van der Waals surface area contributed by atoms with E-state index in [0.717, 1.165) is 43.0 Å². The third-order valence-electron chi connectivity index (χ3n) is 3.86. The fourth-order valence-corrected chi connectivity index (χ4v) is 2.72. The van der Waals surface area contributed by atoms with Gasteiger partial charge in [0.1, 0.15) is 17.5 Å². The van der Waals surface area contributed by atoms with Gasteiger partial charge in [-0.05, 0) is 45.7 Å². The van der Waals surface area contributed by atoms with Crippen molar-refractivity contribution in [2.45, 2.75) is 32.2 Å². The third-order valence-corrected chi connectivity index (χ3v) is 3.86. The molecule has 2 aliphatic rings. The third kappa shape index (κ3) is 3.15. The fourth-order valence-electron chi connectivity index (χ4n) is 2.72. The van der Waals surface area contributed by atoms with Crippen molar-refractivity contribution in [1.82, 2.24) is 15.3 Å². The molecule has 1 saturated carbocycles. The van der Waals surface area contributed by atoms with Crippen LogP contribution in [-0.2, 0) is 0 Å². The summed E-state index contributed by atoms with van der Waals surface area (Å²) in [5.41, 5.74) is 0. The van der Waals surface area contributed by atoms with E-state index in [1.807, 2.05) is 14.0 Å². The lowest BCUT2D eigenvalue weighted by Gasteiger charge is -2.19. The summed E-state index contributed by atoms with van der Waals surface area (Å²) in [5.74, 6) is 3.66. The van der Waals surface area contributed by atoms with Crippen LogP contribution < -0.4 is 15.5 Å². The number of hydrogen-bond donors (Lipinski definition) is 2. The second kappa shape index (κ2) is 5.33. The maximum atomic E-state index is 4.59. The van der Waals surface area contributed by atoms with Gasteiger partial charge >= 0.3 is 0 Å². The molecule has 5 nitrogen and oxygen atoms in total. The Morgan fingerprint density at radius 1 is 1.32 bits per heavy atom. The molecule has 0 amide bonds. The molecule has 19 heavy (non-hydrogen) atoms. The van der Waals surface area contributed by atoms with E-state index >= 15 is 0 Å². The van der Waals surface area contributed by atoms with E-state index in [1.54, 1.807) is 0 Å². The highest BCUT2D eigenvalue weighted by Crippen LogP contribution is 2.27. The first kappa shape index (κ1) is 12.7. The van der Waals surface area contributed by atoms with E-state index in [-0.39, 0.29) is 0 Å². The minimum Gasteiger partial charge on any atom is -0.367 e. The highest BCUT2D eigenvalue weighted by molar-refractivity contribution is 5.51. The molecule has 104 valence electrons. The first-order chi connectivity index (χ1) is 9.24. The lowest BCUT2D eigenvalue weighted by atomic mass is 10.1. The van der Waals surface area contributed by atoms with Crippen LogP contribution in [0.25, 0.3) is 0 Å². The maximum Gasteiger partial charge on any atom is 0.134 e. The quantitative estimate of drug-likeness (QED) is 0.839. The first-order valence-corrected chi connectivity index (χ1v) is 7.26. The second-order valence-corrected chi connectivity index (χ2v) is 5.74. The summed E-state index contributed by atoms with van der Waals surface area (Å²) in [6.07, 6.45) is 3.79. The van der Waals surface area contributed by atoms with Gasteiger partial charge in [-0.2, -0.15) is 0 Å². The average Bonchev–Trinajstić information content (AvgIpc) is 3.05. The van der Waals surface area contributed by atoms with Gasteiger partial charge in [0.25, 0.3) is 0 Å². The molecule has 1 unspecified atom stereocenters. The molecule has 1 aliphatic carbocycles. The van der Waals surface area contributed by atoms with Gasteiger partial charge in [-0.1, -0.05) is 0 Å². The van der Waals surface area contributed by atoms with Crippen LogP contribution in [-0.4, -0.2) is 42.7 Å². The van der Waals surface area contributed by atoms with Crippen LogP contribution in [0.4, 0.5) is 11.6 Å². The van der Waals surface area contributed by atoms with Crippen LogP contribution >= 0.6 is 0 Å². The van der Waals surface area contributed by atoms with Crippen LogP contribution in [0, 0.1) is 12.8 Å². The lowest BCUT2D eigenvalue weighted by molar-refractivity contribution is 0.549. The standard InChI is InChI=1S/C14H23N5/c1-10-16-13(18-12-3-4-12)7-14(17-10)19-6-5-11(9-19)8-15-2/h7,11-12,15H,3-6,8-9H2,1-2H3,(H,16,17,18). The Kier molecular flexibility index (Phi) is 3.55. The molecule has 1 aromatic heterocycles. The van der Waals surface area contributed by atoms with Crippen LogP contribution in [0.2, 0.25) is 0 Å². The average molecular weight is 261 g/mol. The highest BCUT2D eigenvalue weighted by atomic mass is 15.2. The molecule has 0 radical (unpaired) electrons. The molecule has 1 atom stereocenters. The van der Waals surface area contributed by atoms with Gasteiger partial charge in [0.05, 0.1) is 0 Å². The summed E-state index contributed by atoms with van der Waals surface area (Å²) in [6.45, 7) is 5.27. The van der Waals surface area contributed by atoms with Crippen molar-refractivity contribution >= 4 is 11.6 Å². The van der Waals surface area contributed by atoms with Crippen LogP contribution in [0.1, 0.15) is 25.1 Å². The number of aromatic nitrogens is 2. The van der Waals surface area contributed by atoms with Crippen molar-refractivity contribution in [3.63, 3.8) is 0 Å². The van der Waals surface area contributed by atoms with Crippen LogP contribution in [0.3, 0.4) is 0 Å². The summed E-state index contributed by atoms with van der Waals surface area (Å²) < 4.78 is 0. The van der Waals surface area contributed by atoms with Gasteiger partial charge in [-0.3, -0.25) is 0 Å². The zero-order chi connectivity index (χ0) is 13.2. The molecular weight excluding hydrogens is 238 g/mol. The summed E-state index contributed by atoms with van der Waals surface area (Å²) >= 11 is 0. The van der Waals surface area contributed by atoms with E-state index < -0.39 is 0 Å². The number of aryl methyl sites for hydroxylation is 1. The van der Waals surface area contributed by atoms with E-state index in [9.17, 15) is 0 Å². The van der Waals surface area contributed by atoms with Crippen LogP contribution in [0.15, 0.2) is 6.07 Å². The number of nitrogens with zero attached hydrogens (tertiary/aromatic N) is 3. The number of rotatable bonds is 5. The summed E-state index contributed by atoms with van der Waals surface area (Å²) in [7, 11) is 2.02. The van der Waals surface area contributed by atoms with Crippen LogP contribution in [0.5, 0.6) is 0 Å². The van der Waals surface area contributed by atoms with E-state index in [2.05, 4.69) is 31.6 Å². The molecule has 3 rings (SSSR count). The highest BCUT2D eigenvalue weighted by Gasteiger charge is 2.25. The van der Waals surface area contributed by atoms with E-state index in [1.165, 1.54) is 19.3 Å². The fraction of sp³-hybridized carbons (Fsp3) is 0.714. The molecule has 5 heteroatoms. The Hall–Kier alpha value is -1.36. The van der Waals surface area contributed by atoms with Crippen molar-refractivity contribution in [3.8, 4) is 0 Å². The summed E-state index contributed by atoms with van der Waals surface area (Å²) in [5, 5.41) is 6.73. The Morgan fingerprint density at radius 2 is 2.16 bits per heavy atom. The minimum absolute atomic E-state index is 0.637. The largest absolute Gasteiger partial charge is 0.367 e. The van der Waals surface area contributed by atoms with Crippen molar-refractivity contribution in [2.24, 2.45) is 5.92 Å². The first-order valence-electron chi connectivity index (χ1n) is 7.26. The number of nitrogens with one attached hydrogen (secondary N) is 2. The predicted molar refractivity (Wildman–Crippen MR) is 77.7 cm³/mol. The Morgan fingerprint density at radius 3 is 2.89 bits per heavy atom. The smallest absolute Gasteiger partial charge is 0.134 e. The summed E-state index contributed by atoms with van der Waals surface area (Å²) in [6, 6.07) is 2.74. The van der Waals surface area contributed by atoms with Gasteiger partial charge in [0.2, 0.25) is 0 Å². The predicted octanol–water partition coefficient (Wildman–Crippen LogP) is 1.41. The molecule has 0 spiro atoms. The normalized spacial score (nSPS) is 22.8. The van der Waals surface area contributed by atoms with Gasteiger partial charge in [-0.25, -0.2) is 9.97 Å². The van der Waals surface area contributed by atoms with Crippen molar-refractivity contribution in [1.29, 1.82) is 0 Å². The van der Waals surface area contributed by atoms with Crippen molar-refractivity contribution in [3.05, 3.63) is 11.9 Å². The van der Waals surface area contributed by atoms with E-state index in [4.69, 9.17) is 0 Å². The van der Waals surface area contributed by atoms with Gasteiger partial charge < -0.3 is 15.5 Å². The number of anilines is 2. The zero-order valence-corrected chi connectivity index (χ0v) is 11.8. The summed E-state index contributed by atoms with van der Waals surface area (Å²) in [4.78, 5) is 11.5. The van der Waals surface area contributed by atoms with Gasteiger partial charge in [0, 0.05) is 25.2 Å².